The number of anilines is 1. The topological polar surface area (TPSA) is 57.8 Å². The lowest BCUT2D eigenvalue weighted by molar-refractivity contribution is -0.137. The summed E-state index contributed by atoms with van der Waals surface area (Å²) >= 11 is 5.82. The maximum Gasteiger partial charge on any atom is 0.416 e. The highest BCUT2D eigenvalue weighted by Crippen LogP contribution is 2.33. The Morgan fingerprint density at radius 2 is 2.08 bits per heavy atom. The van der Waals surface area contributed by atoms with Gasteiger partial charge in [0.15, 0.2) is 0 Å². The molecule has 1 heterocycles. The van der Waals surface area contributed by atoms with Gasteiger partial charge in [0.2, 0.25) is 0 Å². The molecule has 2 aromatic rings. The predicted octanol–water partition coefficient (Wildman–Crippen LogP) is 4.24. The Bertz CT molecular complexity index is 847. The number of aryl methyl sites for hydroxylation is 1. The molecule has 0 aliphatic rings. The van der Waals surface area contributed by atoms with E-state index in [4.69, 9.17) is 16.9 Å². The highest BCUT2D eigenvalue weighted by Gasteiger charge is 2.31. The van der Waals surface area contributed by atoms with Crippen molar-refractivity contribution in [3.8, 4) is 6.07 Å². The first-order valence-corrected chi connectivity index (χ1v) is 7.01. The number of rotatable bonds is 3. The van der Waals surface area contributed by atoms with Gasteiger partial charge in [-0.1, -0.05) is 11.6 Å². The minimum atomic E-state index is -4.57. The number of alkyl halides is 3. The van der Waals surface area contributed by atoms with E-state index in [0.717, 1.165) is 18.2 Å². The van der Waals surface area contributed by atoms with E-state index in [9.17, 15) is 18.0 Å². The molecule has 2 rings (SSSR count). The van der Waals surface area contributed by atoms with E-state index >= 15 is 0 Å². The van der Waals surface area contributed by atoms with Gasteiger partial charge in [-0.25, -0.2) is 0 Å². The molecule has 4 nitrogen and oxygen atoms in total. The Kier molecular flexibility index (Phi) is 5.00. The first-order valence-electron chi connectivity index (χ1n) is 6.63. The number of benzene rings is 1. The number of nitrogens with one attached hydrogen (secondary N) is 1. The third kappa shape index (κ3) is 3.97. The van der Waals surface area contributed by atoms with E-state index in [1.807, 2.05) is 0 Å². The van der Waals surface area contributed by atoms with Gasteiger partial charge in [0.25, 0.3) is 5.91 Å². The Balaban J connectivity index is 2.30. The standard InChI is InChI=1S/C16H11ClF3N3O/c1-23-6-2-3-12(23)7-10(9-21)15(24)22-14-8-11(16(18,19)20)4-5-13(14)17/h2-8H,1H3,(H,22,24)/b10-7+. The number of nitriles is 1. The van der Waals surface area contributed by atoms with E-state index in [0.29, 0.717) is 5.69 Å². The van der Waals surface area contributed by atoms with Crippen molar-refractivity contribution in [3.05, 3.63) is 58.4 Å². The molecule has 1 aromatic heterocycles. The van der Waals surface area contributed by atoms with Crippen LogP contribution in [0.4, 0.5) is 18.9 Å². The third-order valence-electron chi connectivity index (χ3n) is 3.18. The first kappa shape index (κ1) is 17.6. The van der Waals surface area contributed by atoms with Gasteiger partial charge >= 0.3 is 6.18 Å². The number of hydrogen-bond donors (Lipinski definition) is 1. The van der Waals surface area contributed by atoms with Crippen LogP contribution in [0.2, 0.25) is 5.02 Å². The van der Waals surface area contributed by atoms with Gasteiger partial charge in [-0.05, 0) is 36.4 Å². The quantitative estimate of drug-likeness (QED) is 0.662. The van der Waals surface area contributed by atoms with E-state index in [1.54, 1.807) is 36.0 Å². The Labute approximate surface area is 140 Å². The molecule has 0 radical (unpaired) electrons. The maximum atomic E-state index is 12.7. The summed E-state index contributed by atoms with van der Waals surface area (Å²) in [5, 5.41) is 11.3. The molecule has 0 saturated carbocycles. The summed E-state index contributed by atoms with van der Waals surface area (Å²) in [5.74, 6) is -0.847. The van der Waals surface area contributed by atoms with Crippen LogP contribution in [-0.4, -0.2) is 10.5 Å². The normalized spacial score (nSPS) is 11.9. The number of amides is 1. The minimum Gasteiger partial charge on any atom is -0.351 e. The summed E-state index contributed by atoms with van der Waals surface area (Å²) in [4.78, 5) is 12.1. The highest BCUT2D eigenvalue weighted by atomic mass is 35.5. The van der Waals surface area contributed by atoms with Crippen molar-refractivity contribution in [2.75, 3.05) is 5.32 Å². The van der Waals surface area contributed by atoms with E-state index in [-0.39, 0.29) is 16.3 Å². The molecule has 0 aliphatic heterocycles. The van der Waals surface area contributed by atoms with E-state index < -0.39 is 17.6 Å². The lowest BCUT2D eigenvalue weighted by atomic mass is 10.1. The molecular formula is C16H11ClF3N3O. The Morgan fingerprint density at radius 1 is 1.38 bits per heavy atom. The van der Waals surface area contributed by atoms with Gasteiger partial charge < -0.3 is 9.88 Å². The third-order valence-corrected chi connectivity index (χ3v) is 3.51. The van der Waals surface area contributed by atoms with Crippen LogP contribution in [0.25, 0.3) is 6.08 Å². The molecule has 0 unspecified atom stereocenters. The molecule has 8 heteroatoms. The van der Waals surface area contributed by atoms with Crippen LogP contribution >= 0.6 is 11.6 Å². The van der Waals surface area contributed by atoms with Crippen molar-refractivity contribution in [2.45, 2.75) is 6.18 Å². The summed E-state index contributed by atoms with van der Waals surface area (Å²) in [7, 11) is 1.72. The Morgan fingerprint density at radius 3 is 2.62 bits per heavy atom. The van der Waals surface area contributed by atoms with Crippen LogP contribution in [0, 0.1) is 11.3 Å². The number of aromatic nitrogens is 1. The number of carbonyl (C=O) groups excluding carboxylic acids is 1. The largest absolute Gasteiger partial charge is 0.416 e. The molecule has 124 valence electrons. The Hall–Kier alpha value is -2.72. The van der Waals surface area contributed by atoms with Crippen molar-refractivity contribution in [3.63, 3.8) is 0 Å². The zero-order chi connectivity index (χ0) is 17.9. The molecule has 0 bridgehead atoms. The minimum absolute atomic E-state index is 0.0625. The molecule has 24 heavy (non-hydrogen) atoms. The van der Waals surface area contributed by atoms with Crippen LogP contribution in [0.5, 0.6) is 0 Å². The van der Waals surface area contributed by atoms with Crippen LogP contribution in [0.1, 0.15) is 11.3 Å². The summed E-state index contributed by atoms with van der Waals surface area (Å²) in [6.07, 6.45) is -1.51. The monoisotopic (exact) mass is 353 g/mol. The average Bonchev–Trinajstić information content (AvgIpc) is 2.90. The van der Waals surface area contributed by atoms with Gasteiger partial charge in [0.05, 0.1) is 16.3 Å². The smallest absolute Gasteiger partial charge is 0.351 e. The van der Waals surface area contributed by atoms with Crippen molar-refractivity contribution >= 4 is 29.3 Å². The van der Waals surface area contributed by atoms with Crippen LogP contribution < -0.4 is 5.32 Å². The van der Waals surface area contributed by atoms with Gasteiger partial charge in [0, 0.05) is 18.9 Å². The first-order chi connectivity index (χ1) is 11.2. The molecule has 0 fully saturated rings. The lowest BCUT2D eigenvalue weighted by Crippen LogP contribution is -2.15. The van der Waals surface area contributed by atoms with Crippen LogP contribution in [-0.2, 0) is 18.0 Å². The summed E-state index contributed by atoms with van der Waals surface area (Å²) in [6.45, 7) is 0. The molecule has 1 N–H and O–H groups in total. The fourth-order valence-corrected chi connectivity index (χ4v) is 2.07. The fourth-order valence-electron chi connectivity index (χ4n) is 1.91. The van der Waals surface area contributed by atoms with E-state index in [2.05, 4.69) is 5.32 Å². The molecule has 1 aromatic carbocycles. The van der Waals surface area contributed by atoms with Crippen LogP contribution in [0.15, 0.2) is 42.1 Å². The number of halogens is 4. The second kappa shape index (κ2) is 6.81. The van der Waals surface area contributed by atoms with Crippen molar-refractivity contribution in [1.82, 2.24) is 4.57 Å². The van der Waals surface area contributed by atoms with Gasteiger partial charge in [-0.2, -0.15) is 18.4 Å². The zero-order valence-corrected chi connectivity index (χ0v) is 13.1. The molecule has 0 saturated heterocycles. The predicted molar refractivity (Wildman–Crippen MR) is 84.1 cm³/mol. The van der Waals surface area contributed by atoms with Crippen molar-refractivity contribution < 1.29 is 18.0 Å². The van der Waals surface area contributed by atoms with Gasteiger partial charge in [-0.15, -0.1) is 0 Å². The molecule has 0 aliphatic carbocycles. The summed E-state index contributed by atoms with van der Waals surface area (Å²) < 4.78 is 39.9. The average molecular weight is 354 g/mol. The molecule has 1 amide bonds. The maximum absolute atomic E-state index is 12.7. The van der Waals surface area contributed by atoms with Gasteiger partial charge in [0.1, 0.15) is 11.6 Å². The number of hydrogen-bond acceptors (Lipinski definition) is 2. The second-order valence-corrected chi connectivity index (χ2v) is 5.27. The van der Waals surface area contributed by atoms with Gasteiger partial charge in [-0.3, -0.25) is 4.79 Å². The molecule has 0 spiro atoms. The van der Waals surface area contributed by atoms with E-state index in [1.165, 1.54) is 6.08 Å². The number of nitrogens with zero attached hydrogens (tertiary/aromatic N) is 2. The molecular weight excluding hydrogens is 343 g/mol. The second-order valence-electron chi connectivity index (χ2n) is 4.86. The van der Waals surface area contributed by atoms with Crippen molar-refractivity contribution in [2.24, 2.45) is 7.05 Å². The SMILES string of the molecule is Cn1cccc1/C=C(\C#N)C(=O)Nc1cc(C(F)(F)F)ccc1Cl. The summed E-state index contributed by atoms with van der Waals surface area (Å²) in [6, 6.07) is 7.69. The fraction of sp³-hybridized carbons (Fsp3) is 0.125. The summed E-state index contributed by atoms with van der Waals surface area (Å²) in [5.41, 5.74) is -0.834. The highest BCUT2D eigenvalue weighted by molar-refractivity contribution is 6.34. The molecule has 0 atom stereocenters. The lowest BCUT2D eigenvalue weighted by Gasteiger charge is -2.11. The number of carbonyl (C=O) groups is 1. The van der Waals surface area contributed by atoms with Crippen LogP contribution in [0.3, 0.4) is 0 Å². The zero-order valence-electron chi connectivity index (χ0n) is 12.4. The van der Waals surface area contributed by atoms with Crippen molar-refractivity contribution in [1.29, 1.82) is 5.26 Å².